The number of hydrogen-bond acceptors (Lipinski definition) is 5. The Labute approximate surface area is 185 Å². The second-order valence-electron chi connectivity index (χ2n) is 9.33. The highest BCUT2D eigenvalue weighted by Crippen LogP contribution is 2.32. The van der Waals surface area contributed by atoms with Gasteiger partial charge >= 0.3 is 0 Å². The Morgan fingerprint density at radius 2 is 1.84 bits per heavy atom. The standard InChI is InChI=1S/C25H34N6/c1-18(2)24-22(20-16-19(3)25-27-10-15-31(25)17-20)4-5-23(28-24)30-11-6-21(7-12-30)29-13-8-26-9-14-29/h4-5,10,15-18,21,26H,6-9,11-14H2,1-3H3. The molecule has 3 aromatic rings. The Bertz CT molecular complexity index is 1040. The van der Waals surface area contributed by atoms with E-state index in [2.05, 4.69) is 69.7 Å². The molecule has 1 N–H and O–H groups in total. The molecule has 0 amide bonds. The molecule has 5 rings (SSSR count). The normalized spacial score (nSPS) is 18.9. The first-order valence-electron chi connectivity index (χ1n) is 11.7. The van der Waals surface area contributed by atoms with Gasteiger partial charge in [-0.05, 0) is 49.4 Å². The van der Waals surface area contributed by atoms with Crippen molar-refractivity contribution in [2.24, 2.45) is 0 Å². The number of nitrogens with one attached hydrogen (secondary N) is 1. The summed E-state index contributed by atoms with van der Waals surface area (Å²) in [5.41, 5.74) is 5.83. The van der Waals surface area contributed by atoms with Crippen LogP contribution in [0.15, 0.2) is 36.8 Å². The molecule has 6 heteroatoms. The Kier molecular flexibility index (Phi) is 5.67. The van der Waals surface area contributed by atoms with Crippen LogP contribution in [-0.2, 0) is 0 Å². The Hall–Kier alpha value is -2.44. The lowest BCUT2D eigenvalue weighted by Gasteiger charge is -2.40. The van der Waals surface area contributed by atoms with Gasteiger partial charge in [-0.3, -0.25) is 4.90 Å². The summed E-state index contributed by atoms with van der Waals surface area (Å²) in [6.07, 6.45) is 8.52. The number of rotatable bonds is 4. The third kappa shape index (κ3) is 4.06. The van der Waals surface area contributed by atoms with E-state index in [0.29, 0.717) is 5.92 Å². The van der Waals surface area contributed by atoms with E-state index in [1.54, 1.807) is 0 Å². The predicted molar refractivity (Wildman–Crippen MR) is 127 cm³/mol. The summed E-state index contributed by atoms with van der Waals surface area (Å²) in [5, 5.41) is 3.47. The van der Waals surface area contributed by atoms with E-state index < -0.39 is 0 Å². The number of pyridine rings is 2. The van der Waals surface area contributed by atoms with E-state index in [4.69, 9.17) is 4.98 Å². The molecular weight excluding hydrogens is 384 g/mol. The largest absolute Gasteiger partial charge is 0.356 e. The van der Waals surface area contributed by atoms with Crippen molar-refractivity contribution in [1.82, 2.24) is 24.6 Å². The highest BCUT2D eigenvalue weighted by molar-refractivity contribution is 5.70. The fourth-order valence-electron chi connectivity index (χ4n) is 5.19. The van der Waals surface area contributed by atoms with E-state index >= 15 is 0 Å². The number of aryl methyl sites for hydroxylation is 1. The maximum absolute atomic E-state index is 5.18. The molecule has 2 aliphatic rings. The van der Waals surface area contributed by atoms with Gasteiger partial charge in [0, 0.05) is 75.0 Å². The number of aromatic nitrogens is 3. The molecule has 3 aromatic heterocycles. The van der Waals surface area contributed by atoms with Crippen LogP contribution in [0.3, 0.4) is 0 Å². The van der Waals surface area contributed by atoms with Crippen molar-refractivity contribution in [1.29, 1.82) is 0 Å². The average Bonchev–Trinajstić information content (AvgIpc) is 3.29. The Balaban J connectivity index is 1.38. The number of piperazine rings is 1. The molecule has 5 heterocycles. The number of hydrogen-bond donors (Lipinski definition) is 1. The van der Waals surface area contributed by atoms with Crippen molar-refractivity contribution in [3.05, 3.63) is 48.0 Å². The van der Waals surface area contributed by atoms with Crippen molar-refractivity contribution in [3.63, 3.8) is 0 Å². The molecule has 6 nitrogen and oxygen atoms in total. The monoisotopic (exact) mass is 418 g/mol. The number of nitrogens with zero attached hydrogens (tertiary/aromatic N) is 5. The van der Waals surface area contributed by atoms with Gasteiger partial charge in [0.2, 0.25) is 0 Å². The molecule has 0 saturated carbocycles. The van der Waals surface area contributed by atoms with Crippen LogP contribution in [0.4, 0.5) is 5.82 Å². The fraction of sp³-hybridized carbons (Fsp3) is 0.520. The van der Waals surface area contributed by atoms with E-state index in [1.165, 1.54) is 48.3 Å². The van der Waals surface area contributed by atoms with Gasteiger partial charge in [-0.25, -0.2) is 9.97 Å². The van der Waals surface area contributed by atoms with Crippen LogP contribution in [0.2, 0.25) is 0 Å². The summed E-state index contributed by atoms with van der Waals surface area (Å²) in [6.45, 7) is 13.5. The zero-order valence-electron chi connectivity index (χ0n) is 19.0. The quantitative estimate of drug-likeness (QED) is 0.700. The third-order valence-electron chi connectivity index (χ3n) is 6.90. The first kappa shape index (κ1) is 20.5. The lowest BCUT2D eigenvalue weighted by atomic mass is 9.97. The molecule has 0 aromatic carbocycles. The molecule has 0 spiro atoms. The van der Waals surface area contributed by atoms with Crippen molar-refractivity contribution in [2.75, 3.05) is 44.2 Å². The maximum atomic E-state index is 5.18. The van der Waals surface area contributed by atoms with Crippen molar-refractivity contribution in [3.8, 4) is 11.1 Å². The number of fused-ring (bicyclic) bond motifs is 1. The van der Waals surface area contributed by atoms with Gasteiger partial charge in [0.25, 0.3) is 0 Å². The molecule has 2 fully saturated rings. The van der Waals surface area contributed by atoms with Crippen LogP contribution < -0.4 is 10.2 Å². The van der Waals surface area contributed by atoms with Crippen molar-refractivity contribution in [2.45, 2.75) is 45.6 Å². The summed E-state index contributed by atoms with van der Waals surface area (Å²) in [6, 6.07) is 7.47. The lowest BCUT2D eigenvalue weighted by Crippen LogP contribution is -2.52. The zero-order valence-corrected chi connectivity index (χ0v) is 19.0. The van der Waals surface area contributed by atoms with E-state index in [-0.39, 0.29) is 0 Å². The average molecular weight is 419 g/mol. The number of anilines is 1. The second-order valence-corrected chi connectivity index (χ2v) is 9.33. The van der Waals surface area contributed by atoms with Gasteiger partial charge in [-0.15, -0.1) is 0 Å². The van der Waals surface area contributed by atoms with Crippen LogP contribution in [-0.4, -0.2) is 64.6 Å². The Morgan fingerprint density at radius 3 is 2.58 bits per heavy atom. The van der Waals surface area contributed by atoms with E-state index in [1.807, 2.05) is 12.4 Å². The summed E-state index contributed by atoms with van der Waals surface area (Å²) in [5.74, 6) is 1.50. The summed E-state index contributed by atoms with van der Waals surface area (Å²) in [7, 11) is 0. The fourth-order valence-corrected chi connectivity index (χ4v) is 5.19. The molecular formula is C25H34N6. The SMILES string of the molecule is Cc1cc(-c2ccc(N3CCC(N4CCNCC4)CC3)nc2C(C)C)cn2ccnc12. The first-order valence-corrected chi connectivity index (χ1v) is 11.7. The van der Waals surface area contributed by atoms with Crippen LogP contribution in [0, 0.1) is 6.92 Å². The predicted octanol–water partition coefficient (Wildman–Crippen LogP) is 3.70. The minimum atomic E-state index is 0.368. The highest BCUT2D eigenvalue weighted by Gasteiger charge is 2.26. The smallest absolute Gasteiger partial charge is 0.139 e. The first-order chi connectivity index (χ1) is 15.1. The van der Waals surface area contributed by atoms with Gasteiger partial charge in [0.05, 0.1) is 5.69 Å². The maximum Gasteiger partial charge on any atom is 0.139 e. The molecule has 164 valence electrons. The molecule has 0 radical (unpaired) electrons. The number of imidazole rings is 1. The molecule has 2 saturated heterocycles. The van der Waals surface area contributed by atoms with Gasteiger partial charge < -0.3 is 14.6 Å². The van der Waals surface area contributed by atoms with Gasteiger partial charge in [-0.1, -0.05) is 13.8 Å². The minimum absolute atomic E-state index is 0.368. The lowest BCUT2D eigenvalue weighted by molar-refractivity contribution is 0.150. The van der Waals surface area contributed by atoms with E-state index in [0.717, 1.165) is 43.7 Å². The van der Waals surface area contributed by atoms with E-state index in [9.17, 15) is 0 Å². The van der Waals surface area contributed by atoms with Crippen LogP contribution >= 0.6 is 0 Å². The minimum Gasteiger partial charge on any atom is -0.356 e. The highest BCUT2D eigenvalue weighted by atomic mass is 15.2. The Morgan fingerprint density at radius 1 is 1.06 bits per heavy atom. The zero-order chi connectivity index (χ0) is 21.4. The van der Waals surface area contributed by atoms with Crippen molar-refractivity contribution >= 4 is 11.5 Å². The number of piperidine rings is 1. The van der Waals surface area contributed by atoms with Gasteiger partial charge in [-0.2, -0.15) is 0 Å². The molecule has 0 unspecified atom stereocenters. The van der Waals surface area contributed by atoms with Crippen LogP contribution in [0.5, 0.6) is 0 Å². The summed E-state index contributed by atoms with van der Waals surface area (Å²) >= 11 is 0. The molecule has 0 bridgehead atoms. The van der Waals surface area contributed by atoms with Crippen LogP contribution in [0.25, 0.3) is 16.8 Å². The summed E-state index contributed by atoms with van der Waals surface area (Å²) in [4.78, 5) is 14.8. The molecule has 2 aliphatic heterocycles. The topological polar surface area (TPSA) is 48.7 Å². The van der Waals surface area contributed by atoms with Gasteiger partial charge in [0.15, 0.2) is 0 Å². The third-order valence-corrected chi connectivity index (χ3v) is 6.90. The van der Waals surface area contributed by atoms with Crippen LogP contribution in [0.1, 0.15) is 43.9 Å². The molecule has 0 atom stereocenters. The van der Waals surface area contributed by atoms with Gasteiger partial charge in [0.1, 0.15) is 11.5 Å². The van der Waals surface area contributed by atoms with Crippen molar-refractivity contribution < 1.29 is 0 Å². The summed E-state index contributed by atoms with van der Waals surface area (Å²) < 4.78 is 2.11. The molecule has 0 aliphatic carbocycles. The second kappa shape index (κ2) is 8.60. The molecule has 31 heavy (non-hydrogen) atoms.